The van der Waals surface area contributed by atoms with E-state index in [0.29, 0.717) is 41.2 Å². The molecule has 0 radical (unpaired) electrons. The summed E-state index contributed by atoms with van der Waals surface area (Å²) in [6.45, 7) is 10.5. The molecule has 4 N–H and O–H groups in total. The maximum atomic E-state index is 14.3. The van der Waals surface area contributed by atoms with Crippen LogP contribution in [0.15, 0.2) is 30.5 Å². The molecule has 6 rings (SSSR count). The smallest absolute Gasteiger partial charge is 0.237 e. The molecule has 0 bridgehead atoms. The third-order valence-corrected chi connectivity index (χ3v) is 9.09. The Kier molecular flexibility index (Phi) is 7.03. The number of nitrogens with two attached hydrogens (primary N) is 2. The number of carbonyl (C=O) groups is 1. The number of hydrogen-bond acceptors (Lipinski definition) is 10. The molecular formula is C28H33FN8O2S. The molecule has 40 heavy (non-hydrogen) atoms. The lowest BCUT2D eigenvalue weighted by atomic mass is 10.0. The summed E-state index contributed by atoms with van der Waals surface area (Å²) in [4.78, 5) is 34.2. The van der Waals surface area contributed by atoms with E-state index in [2.05, 4.69) is 25.8 Å². The number of nitrogens with zero attached hydrogens (tertiary/aromatic N) is 6. The molecule has 4 aromatic rings. The number of rotatable bonds is 6. The van der Waals surface area contributed by atoms with Crippen LogP contribution in [0.2, 0.25) is 0 Å². The summed E-state index contributed by atoms with van der Waals surface area (Å²) < 4.78 is 20.9. The minimum atomic E-state index is -0.660. The summed E-state index contributed by atoms with van der Waals surface area (Å²) in [6, 6.07) is 6.61. The largest absolute Gasteiger partial charge is 0.383 e. The van der Waals surface area contributed by atoms with Gasteiger partial charge >= 0.3 is 0 Å². The maximum Gasteiger partial charge on any atom is 0.237 e. The molecule has 12 heteroatoms. The number of benzene rings is 1. The van der Waals surface area contributed by atoms with Gasteiger partial charge in [-0.3, -0.25) is 14.6 Å². The Morgan fingerprint density at radius 2 is 1.82 bits per heavy atom. The molecule has 0 atom stereocenters. The number of anilines is 2. The van der Waals surface area contributed by atoms with Crippen LogP contribution in [-0.2, 0) is 16.1 Å². The molecule has 3 aromatic heterocycles. The molecule has 0 saturated carbocycles. The van der Waals surface area contributed by atoms with Crippen molar-refractivity contribution in [3.8, 4) is 11.4 Å². The number of carbonyl (C=O) groups excluding carboxylic acids is 1. The lowest BCUT2D eigenvalue weighted by Gasteiger charge is -2.42. The van der Waals surface area contributed by atoms with Crippen molar-refractivity contribution in [1.29, 1.82) is 0 Å². The number of aromatic nitrogens is 3. The van der Waals surface area contributed by atoms with Gasteiger partial charge in [-0.25, -0.2) is 19.3 Å². The highest BCUT2D eigenvalue weighted by Crippen LogP contribution is 2.37. The van der Waals surface area contributed by atoms with Gasteiger partial charge in [-0.2, -0.15) is 0 Å². The monoisotopic (exact) mass is 564 g/mol. The summed E-state index contributed by atoms with van der Waals surface area (Å²) in [7, 11) is 0. The molecule has 5 heterocycles. The summed E-state index contributed by atoms with van der Waals surface area (Å²) in [5, 5.41) is 1.30. The number of primary amides is 1. The lowest BCUT2D eigenvalue weighted by Crippen LogP contribution is -2.59. The Hall–Kier alpha value is -3.45. The second-order valence-corrected chi connectivity index (χ2v) is 12.0. The first-order chi connectivity index (χ1) is 19.2. The first kappa shape index (κ1) is 26.8. The molecule has 0 aliphatic carbocycles. The van der Waals surface area contributed by atoms with E-state index in [1.807, 2.05) is 13.8 Å². The number of piperazine rings is 1. The van der Waals surface area contributed by atoms with Crippen LogP contribution in [0.3, 0.4) is 0 Å². The predicted molar refractivity (Wildman–Crippen MR) is 156 cm³/mol. The van der Waals surface area contributed by atoms with Crippen LogP contribution in [0.1, 0.15) is 18.7 Å². The van der Waals surface area contributed by atoms with Gasteiger partial charge in [0.05, 0.1) is 29.0 Å². The minimum absolute atomic E-state index is 0.303. The van der Waals surface area contributed by atoms with Crippen molar-refractivity contribution in [2.24, 2.45) is 5.73 Å². The first-order valence-corrected chi connectivity index (χ1v) is 14.3. The second-order valence-electron chi connectivity index (χ2n) is 10.8. The molecule has 2 aliphatic heterocycles. The average Bonchev–Trinajstić information content (AvgIpc) is 3.35. The molecule has 0 spiro atoms. The molecule has 210 valence electrons. The van der Waals surface area contributed by atoms with Crippen molar-refractivity contribution in [2.75, 3.05) is 63.1 Å². The number of amides is 1. The summed E-state index contributed by atoms with van der Waals surface area (Å²) in [5.74, 6) is 1.02. The lowest BCUT2D eigenvalue weighted by molar-refractivity contribution is -0.129. The van der Waals surface area contributed by atoms with Gasteiger partial charge in [0.2, 0.25) is 5.91 Å². The van der Waals surface area contributed by atoms with E-state index in [-0.39, 0.29) is 11.7 Å². The van der Waals surface area contributed by atoms with Crippen molar-refractivity contribution in [2.45, 2.75) is 25.9 Å². The van der Waals surface area contributed by atoms with Crippen molar-refractivity contribution in [3.05, 3.63) is 41.2 Å². The average molecular weight is 565 g/mol. The fourth-order valence-electron chi connectivity index (χ4n) is 5.41. The zero-order chi connectivity index (χ0) is 28.0. The summed E-state index contributed by atoms with van der Waals surface area (Å²) >= 11 is 1.70. The van der Waals surface area contributed by atoms with E-state index in [1.165, 1.54) is 17.0 Å². The Bertz CT molecular complexity index is 1580. The number of morpholine rings is 1. The van der Waals surface area contributed by atoms with Gasteiger partial charge in [-0.1, -0.05) is 0 Å². The molecule has 1 aromatic carbocycles. The van der Waals surface area contributed by atoms with Crippen LogP contribution in [0.5, 0.6) is 0 Å². The SMILES string of the molecule is CC(C)(C(N)=O)N1CCN(Cc2cc3nc(-c4cnc(N)c5ccc(F)cc45)nc(N4CCOCC4)c3s2)CC1. The van der Waals surface area contributed by atoms with Crippen molar-refractivity contribution >= 4 is 49.9 Å². The van der Waals surface area contributed by atoms with Crippen LogP contribution in [-0.4, -0.2) is 88.7 Å². The van der Waals surface area contributed by atoms with Crippen LogP contribution >= 0.6 is 11.3 Å². The highest BCUT2D eigenvalue weighted by Gasteiger charge is 2.34. The van der Waals surface area contributed by atoms with E-state index in [9.17, 15) is 9.18 Å². The molecule has 2 fully saturated rings. The zero-order valence-electron chi connectivity index (χ0n) is 22.7. The second kappa shape index (κ2) is 10.5. The molecule has 2 aliphatic rings. The van der Waals surface area contributed by atoms with Crippen LogP contribution in [0.4, 0.5) is 16.0 Å². The fraction of sp³-hybridized carbons (Fsp3) is 0.429. The van der Waals surface area contributed by atoms with Crippen LogP contribution in [0, 0.1) is 5.82 Å². The first-order valence-electron chi connectivity index (χ1n) is 13.5. The van der Waals surface area contributed by atoms with Gasteiger partial charge in [0, 0.05) is 73.2 Å². The van der Waals surface area contributed by atoms with E-state index in [1.54, 1.807) is 23.6 Å². The normalized spacial score (nSPS) is 17.6. The molecular weight excluding hydrogens is 531 g/mol. The van der Waals surface area contributed by atoms with Gasteiger partial charge in [0.25, 0.3) is 0 Å². The minimum Gasteiger partial charge on any atom is -0.383 e. The quantitative estimate of drug-likeness (QED) is 0.363. The highest BCUT2D eigenvalue weighted by atomic mass is 32.1. The number of nitrogen functional groups attached to an aromatic ring is 1. The Morgan fingerprint density at radius 3 is 2.55 bits per heavy atom. The van der Waals surface area contributed by atoms with Crippen molar-refractivity contribution in [1.82, 2.24) is 24.8 Å². The maximum absolute atomic E-state index is 14.3. The number of hydrogen-bond donors (Lipinski definition) is 2. The Labute approximate surface area is 235 Å². The van der Waals surface area contributed by atoms with E-state index < -0.39 is 5.54 Å². The van der Waals surface area contributed by atoms with Gasteiger partial charge < -0.3 is 21.1 Å². The van der Waals surface area contributed by atoms with E-state index in [4.69, 9.17) is 26.2 Å². The predicted octanol–water partition coefficient (Wildman–Crippen LogP) is 2.85. The highest BCUT2D eigenvalue weighted by molar-refractivity contribution is 7.19. The molecule has 0 unspecified atom stereocenters. The van der Waals surface area contributed by atoms with Crippen LogP contribution in [0.25, 0.3) is 32.4 Å². The van der Waals surface area contributed by atoms with Crippen molar-refractivity contribution in [3.63, 3.8) is 0 Å². The Morgan fingerprint density at radius 1 is 1.07 bits per heavy atom. The molecule has 1 amide bonds. The number of ether oxygens (including phenoxy) is 1. The number of pyridine rings is 1. The third kappa shape index (κ3) is 4.96. The fourth-order valence-corrected chi connectivity index (χ4v) is 6.56. The van der Waals surface area contributed by atoms with Gasteiger partial charge in [0.1, 0.15) is 11.6 Å². The third-order valence-electron chi connectivity index (χ3n) is 7.98. The van der Waals surface area contributed by atoms with E-state index >= 15 is 0 Å². The van der Waals surface area contributed by atoms with E-state index in [0.717, 1.165) is 61.8 Å². The number of halogens is 1. The molecule has 10 nitrogen and oxygen atoms in total. The van der Waals surface area contributed by atoms with Gasteiger partial charge in [-0.05, 0) is 38.1 Å². The molecule has 2 saturated heterocycles. The van der Waals surface area contributed by atoms with Gasteiger partial charge in [0.15, 0.2) is 11.6 Å². The van der Waals surface area contributed by atoms with Crippen LogP contribution < -0.4 is 16.4 Å². The summed E-state index contributed by atoms with van der Waals surface area (Å²) in [5.41, 5.74) is 12.6. The van der Waals surface area contributed by atoms with Crippen molar-refractivity contribution < 1.29 is 13.9 Å². The summed E-state index contributed by atoms with van der Waals surface area (Å²) in [6.07, 6.45) is 1.63. The number of fused-ring (bicyclic) bond motifs is 2. The number of thiophene rings is 1. The zero-order valence-corrected chi connectivity index (χ0v) is 23.5. The topological polar surface area (TPSA) is 127 Å². The Balaban J connectivity index is 1.35. The van der Waals surface area contributed by atoms with Gasteiger partial charge in [-0.15, -0.1) is 11.3 Å². The standard InChI is InChI=1S/C28H33FN8O2S/c1-28(2,27(31)38)37-7-5-35(6-8-37)16-18-14-22-23(40-18)26(36-9-11-39-12-10-36)34-25(33-22)21-15-32-24(30)19-4-3-17(29)13-20(19)21/h3-4,13-15H,5-12,16H2,1-2H3,(H2,30,32)(H2,31,38).